The second-order valence-corrected chi connectivity index (χ2v) is 6.54. The monoisotopic (exact) mass is 386 g/mol. The molecule has 0 saturated heterocycles. The maximum atomic E-state index is 5.79. The van der Waals surface area contributed by atoms with Crippen LogP contribution < -0.4 is 13.6 Å². The van der Waals surface area contributed by atoms with Gasteiger partial charge in [-0.2, -0.15) is 0 Å². The van der Waals surface area contributed by atoms with E-state index in [9.17, 15) is 0 Å². The summed E-state index contributed by atoms with van der Waals surface area (Å²) < 4.78 is 22.5. The van der Waals surface area contributed by atoms with Crippen molar-refractivity contribution in [3.63, 3.8) is 0 Å². The Balaban J connectivity index is 1.40. The summed E-state index contributed by atoms with van der Waals surface area (Å²) in [6.45, 7) is 0.564. The lowest BCUT2D eigenvalue weighted by Crippen LogP contribution is -1.96. The SMILES string of the molecule is c1ccc(OPOCCc2ccccc2OPOc2ccccc2)cc1. The van der Waals surface area contributed by atoms with Crippen LogP contribution in [0.3, 0.4) is 0 Å². The van der Waals surface area contributed by atoms with Crippen molar-refractivity contribution >= 4 is 18.1 Å². The Bertz CT molecular complexity index is 769. The first-order chi connectivity index (χ1) is 12.9. The van der Waals surface area contributed by atoms with E-state index in [2.05, 4.69) is 0 Å². The van der Waals surface area contributed by atoms with E-state index in [1.807, 2.05) is 84.9 Å². The first-order valence-electron chi connectivity index (χ1n) is 8.22. The Morgan fingerprint density at radius 3 is 1.85 bits per heavy atom. The molecule has 4 nitrogen and oxygen atoms in total. The van der Waals surface area contributed by atoms with Gasteiger partial charge in [-0.15, -0.1) is 0 Å². The molecule has 0 bridgehead atoms. The molecule has 0 amide bonds. The molecule has 3 aromatic carbocycles. The quantitative estimate of drug-likeness (QED) is 0.326. The molecule has 0 heterocycles. The van der Waals surface area contributed by atoms with E-state index in [1.54, 1.807) is 0 Å². The first kappa shape index (κ1) is 18.7. The van der Waals surface area contributed by atoms with Crippen LogP contribution in [0.2, 0.25) is 0 Å². The van der Waals surface area contributed by atoms with E-state index < -0.39 is 0 Å². The summed E-state index contributed by atoms with van der Waals surface area (Å²) in [6.07, 6.45) is 0.747. The van der Waals surface area contributed by atoms with Crippen LogP contribution in [0.5, 0.6) is 17.2 Å². The largest absolute Gasteiger partial charge is 0.450 e. The minimum Gasteiger partial charge on any atom is -0.450 e. The Morgan fingerprint density at radius 2 is 1.15 bits per heavy atom. The highest BCUT2D eigenvalue weighted by molar-refractivity contribution is 7.27. The summed E-state index contributed by atoms with van der Waals surface area (Å²) >= 11 is 0. The molecule has 3 rings (SSSR count). The van der Waals surface area contributed by atoms with Gasteiger partial charge in [-0.1, -0.05) is 54.6 Å². The van der Waals surface area contributed by atoms with E-state index >= 15 is 0 Å². The molecule has 2 atom stereocenters. The lowest BCUT2D eigenvalue weighted by atomic mass is 10.1. The molecule has 0 aromatic heterocycles. The molecule has 0 N–H and O–H groups in total. The highest BCUT2D eigenvalue weighted by Crippen LogP contribution is 2.28. The maximum Gasteiger partial charge on any atom is 0.275 e. The number of benzene rings is 3. The molecule has 2 unspecified atom stereocenters. The molecular weight excluding hydrogens is 366 g/mol. The minimum absolute atomic E-state index is 0.0235. The van der Waals surface area contributed by atoms with Crippen molar-refractivity contribution in [2.24, 2.45) is 0 Å². The third kappa shape index (κ3) is 6.31. The van der Waals surface area contributed by atoms with Gasteiger partial charge in [0.2, 0.25) is 9.03 Å². The number of rotatable bonds is 10. The minimum atomic E-state index is -0.0937. The van der Waals surface area contributed by atoms with Crippen LogP contribution in [0, 0.1) is 0 Å². The van der Waals surface area contributed by atoms with Gasteiger partial charge in [-0.3, -0.25) is 0 Å². The molecule has 6 heteroatoms. The maximum absolute atomic E-state index is 5.79. The zero-order valence-electron chi connectivity index (χ0n) is 14.1. The van der Waals surface area contributed by atoms with E-state index in [0.29, 0.717) is 6.61 Å². The number of hydrogen-bond acceptors (Lipinski definition) is 4. The van der Waals surface area contributed by atoms with Gasteiger partial charge in [0.05, 0.1) is 6.61 Å². The summed E-state index contributed by atoms with van der Waals surface area (Å²) in [6, 6.07) is 27.2. The van der Waals surface area contributed by atoms with Gasteiger partial charge in [0.15, 0.2) is 0 Å². The fraction of sp³-hybridized carbons (Fsp3) is 0.100. The molecule has 3 aromatic rings. The molecule has 0 spiro atoms. The van der Waals surface area contributed by atoms with Gasteiger partial charge in [-0.05, 0) is 42.3 Å². The average Bonchev–Trinajstić information content (AvgIpc) is 2.70. The first-order valence-corrected chi connectivity index (χ1v) is 9.85. The number of hydrogen-bond donors (Lipinski definition) is 0. The smallest absolute Gasteiger partial charge is 0.275 e. The topological polar surface area (TPSA) is 36.9 Å². The summed E-state index contributed by atoms with van der Waals surface area (Å²) in [5.74, 6) is 2.43. The van der Waals surface area contributed by atoms with E-state index in [4.69, 9.17) is 18.1 Å². The van der Waals surface area contributed by atoms with Gasteiger partial charge in [0.1, 0.15) is 17.2 Å². The molecule has 0 fully saturated rings. The molecule has 0 radical (unpaired) electrons. The molecule has 134 valence electrons. The van der Waals surface area contributed by atoms with Crippen molar-refractivity contribution < 1.29 is 18.1 Å². The third-order valence-corrected chi connectivity index (χ3v) is 4.73. The molecule has 0 saturated carbocycles. The summed E-state index contributed by atoms with van der Waals surface area (Å²) in [5, 5.41) is 0. The number of para-hydroxylation sites is 3. The molecule has 26 heavy (non-hydrogen) atoms. The Hall–Kier alpha value is -2.12. The Morgan fingerprint density at radius 1 is 0.577 bits per heavy atom. The summed E-state index contributed by atoms with van der Waals surface area (Å²) in [5.41, 5.74) is 1.08. The van der Waals surface area contributed by atoms with Gasteiger partial charge in [0.25, 0.3) is 9.03 Å². The van der Waals surface area contributed by atoms with E-state index in [1.165, 1.54) is 0 Å². The predicted molar refractivity (Wildman–Crippen MR) is 107 cm³/mol. The van der Waals surface area contributed by atoms with Crippen molar-refractivity contribution in [1.82, 2.24) is 0 Å². The zero-order chi connectivity index (χ0) is 17.9. The fourth-order valence-electron chi connectivity index (χ4n) is 2.18. The van der Waals surface area contributed by atoms with Crippen LogP contribution in [0.1, 0.15) is 5.56 Å². The van der Waals surface area contributed by atoms with E-state index in [-0.39, 0.29) is 18.1 Å². The van der Waals surface area contributed by atoms with Gasteiger partial charge in [0, 0.05) is 0 Å². The van der Waals surface area contributed by atoms with Crippen molar-refractivity contribution in [2.45, 2.75) is 6.42 Å². The predicted octanol–water partition coefficient (Wildman–Crippen LogP) is 5.80. The van der Waals surface area contributed by atoms with Crippen LogP contribution in [0.15, 0.2) is 84.9 Å². The average molecular weight is 386 g/mol. The van der Waals surface area contributed by atoms with Gasteiger partial charge >= 0.3 is 0 Å². The van der Waals surface area contributed by atoms with Gasteiger partial charge < -0.3 is 18.1 Å². The second kappa shape index (κ2) is 10.8. The molecule has 0 aliphatic heterocycles. The van der Waals surface area contributed by atoms with Crippen LogP contribution >= 0.6 is 18.1 Å². The van der Waals surface area contributed by atoms with Crippen LogP contribution in [0.4, 0.5) is 0 Å². The normalized spacial score (nSPS) is 11.2. The molecular formula is C20H20O4P2. The molecule has 0 aliphatic carbocycles. The second-order valence-electron chi connectivity index (χ2n) is 5.31. The van der Waals surface area contributed by atoms with Crippen LogP contribution in [-0.2, 0) is 10.9 Å². The standard InChI is InChI=1S/C20H20O4P2/c1-3-10-18(11-4-1)22-25-21-16-15-17-9-7-8-14-20(17)24-26-23-19-12-5-2-6-13-19/h1-14,25-26H,15-16H2. The molecule has 0 aliphatic rings. The van der Waals surface area contributed by atoms with Crippen LogP contribution in [0.25, 0.3) is 0 Å². The highest BCUT2D eigenvalue weighted by atomic mass is 31.1. The van der Waals surface area contributed by atoms with Crippen molar-refractivity contribution in [3.8, 4) is 17.2 Å². The van der Waals surface area contributed by atoms with Crippen molar-refractivity contribution in [1.29, 1.82) is 0 Å². The summed E-state index contributed by atoms with van der Waals surface area (Å²) in [7, 11) is -0.117. The fourth-order valence-corrected chi connectivity index (χ4v) is 3.22. The Labute approximate surface area is 157 Å². The summed E-state index contributed by atoms with van der Waals surface area (Å²) in [4.78, 5) is 0. The van der Waals surface area contributed by atoms with Crippen LogP contribution in [-0.4, -0.2) is 6.61 Å². The highest BCUT2D eigenvalue weighted by Gasteiger charge is 2.04. The van der Waals surface area contributed by atoms with Crippen molar-refractivity contribution in [3.05, 3.63) is 90.5 Å². The van der Waals surface area contributed by atoms with E-state index in [0.717, 1.165) is 29.2 Å². The Kier molecular flexibility index (Phi) is 7.74. The van der Waals surface area contributed by atoms with Gasteiger partial charge in [-0.25, -0.2) is 0 Å². The lowest BCUT2D eigenvalue weighted by molar-refractivity contribution is 0.332. The third-order valence-electron chi connectivity index (χ3n) is 3.46. The van der Waals surface area contributed by atoms with Crippen molar-refractivity contribution in [2.75, 3.05) is 6.61 Å². The lowest BCUT2D eigenvalue weighted by Gasteiger charge is -2.11. The zero-order valence-corrected chi connectivity index (χ0v) is 16.1.